The van der Waals surface area contributed by atoms with Crippen molar-refractivity contribution in [1.82, 2.24) is 19.1 Å². The molecule has 228 valence electrons. The summed E-state index contributed by atoms with van der Waals surface area (Å²) in [5, 5.41) is 2.35. The monoisotopic (exact) mass is 611 g/mol. The van der Waals surface area contributed by atoms with Crippen LogP contribution in [0, 0.1) is 0 Å². The van der Waals surface area contributed by atoms with Crippen LogP contribution in [0.5, 0.6) is 11.5 Å². The topological polar surface area (TPSA) is 48.1 Å². The molecule has 0 saturated heterocycles. The molecular formula is C41H33N5O. The maximum Gasteiger partial charge on any atom is 0.144 e. The second-order valence-electron chi connectivity index (χ2n) is 13.2. The van der Waals surface area contributed by atoms with E-state index in [1.807, 2.05) is 18.3 Å². The highest BCUT2D eigenvalue weighted by Gasteiger charge is 2.26. The number of anilines is 2. The first-order valence-electron chi connectivity index (χ1n) is 16.0. The van der Waals surface area contributed by atoms with Crippen LogP contribution in [0.1, 0.15) is 26.3 Å². The maximum absolute atomic E-state index is 6.62. The fourth-order valence-corrected chi connectivity index (χ4v) is 6.88. The molecule has 1 aliphatic rings. The van der Waals surface area contributed by atoms with Crippen LogP contribution in [0.3, 0.4) is 0 Å². The first kappa shape index (κ1) is 27.4. The third-order valence-corrected chi connectivity index (χ3v) is 9.22. The number of para-hydroxylation sites is 4. The molecule has 0 N–H and O–H groups in total. The van der Waals surface area contributed by atoms with Crippen LogP contribution in [-0.4, -0.2) is 19.1 Å². The number of fused-ring (bicyclic) bond motifs is 8. The zero-order chi connectivity index (χ0) is 31.7. The van der Waals surface area contributed by atoms with E-state index >= 15 is 0 Å². The van der Waals surface area contributed by atoms with Crippen molar-refractivity contribution in [3.63, 3.8) is 0 Å². The van der Waals surface area contributed by atoms with Crippen molar-refractivity contribution in [2.45, 2.75) is 32.9 Å². The van der Waals surface area contributed by atoms with Gasteiger partial charge in [-0.2, -0.15) is 0 Å². The molecular weight excluding hydrogens is 578 g/mol. The third kappa shape index (κ3) is 4.48. The summed E-state index contributed by atoms with van der Waals surface area (Å²) in [4.78, 5) is 12.2. The van der Waals surface area contributed by atoms with Crippen molar-refractivity contribution in [3.05, 3.63) is 139 Å². The molecule has 0 fully saturated rings. The molecule has 3 aromatic heterocycles. The van der Waals surface area contributed by atoms with Crippen LogP contribution < -0.4 is 9.64 Å². The lowest BCUT2D eigenvalue weighted by molar-refractivity contribution is 0.483. The molecule has 9 rings (SSSR count). The van der Waals surface area contributed by atoms with Crippen LogP contribution >= 0.6 is 0 Å². The van der Waals surface area contributed by atoms with Gasteiger partial charge in [-0.05, 0) is 77.7 Å². The first-order chi connectivity index (χ1) is 22.9. The summed E-state index contributed by atoms with van der Waals surface area (Å²) in [7, 11) is 0. The Hall–Kier alpha value is -5.88. The molecule has 4 heterocycles. The van der Waals surface area contributed by atoms with E-state index in [9.17, 15) is 0 Å². The van der Waals surface area contributed by atoms with Gasteiger partial charge in [0.1, 0.15) is 29.8 Å². The van der Waals surface area contributed by atoms with Gasteiger partial charge in [-0.1, -0.05) is 69.3 Å². The molecule has 0 radical (unpaired) electrons. The molecule has 0 atom stereocenters. The van der Waals surface area contributed by atoms with E-state index in [1.54, 1.807) is 0 Å². The fourth-order valence-electron chi connectivity index (χ4n) is 6.88. The quantitative estimate of drug-likeness (QED) is 0.199. The Balaban J connectivity index is 1.11. The Bertz CT molecular complexity index is 2480. The molecule has 8 aromatic rings. The third-order valence-electron chi connectivity index (χ3n) is 9.22. The van der Waals surface area contributed by atoms with Gasteiger partial charge >= 0.3 is 0 Å². The number of aromatic nitrogens is 4. The normalized spacial score (nSPS) is 12.9. The molecule has 5 aromatic carbocycles. The number of hydrogen-bond donors (Lipinski definition) is 0. The van der Waals surface area contributed by atoms with E-state index in [0.29, 0.717) is 6.67 Å². The van der Waals surface area contributed by atoms with Gasteiger partial charge in [-0.25, -0.2) is 9.97 Å². The Morgan fingerprint density at radius 1 is 0.660 bits per heavy atom. The van der Waals surface area contributed by atoms with Crippen molar-refractivity contribution < 1.29 is 4.74 Å². The molecule has 0 amide bonds. The first-order valence-corrected chi connectivity index (χ1v) is 16.0. The number of hydrogen-bond acceptors (Lipinski definition) is 4. The molecule has 0 bridgehead atoms. The highest BCUT2D eigenvalue weighted by molar-refractivity contribution is 6.09. The van der Waals surface area contributed by atoms with E-state index in [1.165, 1.54) is 10.9 Å². The summed E-state index contributed by atoms with van der Waals surface area (Å²) >= 11 is 0. The van der Waals surface area contributed by atoms with E-state index in [0.717, 1.165) is 67.5 Å². The average molecular weight is 612 g/mol. The second-order valence-corrected chi connectivity index (χ2v) is 13.2. The molecule has 6 heteroatoms. The van der Waals surface area contributed by atoms with Crippen molar-refractivity contribution in [1.29, 1.82) is 0 Å². The van der Waals surface area contributed by atoms with Crippen molar-refractivity contribution in [3.8, 4) is 28.7 Å². The van der Waals surface area contributed by atoms with Gasteiger partial charge in [-0.15, -0.1) is 0 Å². The highest BCUT2D eigenvalue weighted by atomic mass is 16.5. The second kappa shape index (κ2) is 10.3. The van der Waals surface area contributed by atoms with E-state index in [4.69, 9.17) is 14.7 Å². The Morgan fingerprint density at radius 2 is 1.43 bits per heavy atom. The standard InChI is InChI=1S/C41H33N5O/c1-41(2,3)27-21-22-42-39(23-27)46-36-17-8-4-13-31(36)32-20-19-30(25-38(32)46)47-29-12-10-11-28(24-29)44-26-45-37-18-9-6-15-34(37)43-40(45)33-14-5-7-16-35(33)44/h4-25H,26H2,1-3H3. The predicted molar refractivity (Wildman–Crippen MR) is 191 cm³/mol. The van der Waals surface area contributed by atoms with Gasteiger partial charge in [0.25, 0.3) is 0 Å². The Morgan fingerprint density at radius 3 is 2.32 bits per heavy atom. The van der Waals surface area contributed by atoms with Crippen LogP contribution in [0.15, 0.2) is 134 Å². The van der Waals surface area contributed by atoms with Crippen molar-refractivity contribution in [2.75, 3.05) is 4.90 Å². The maximum atomic E-state index is 6.62. The van der Waals surface area contributed by atoms with E-state index < -0.39 is 0 Å². The van der Waals surface area contributed by atoms with Gasteiger partial charge < -0.3 is 14.2 Å². The molecule has 0 spiro atoms. The summed E-state index contributed by atoms with van der Waals surface area (Å²) in [5.74, 6) is 3.44. The van der Waals surface area contributed by atoms with Gasteiger partial charge in [0.05, 0.1) is 27.8 Å². The molecule has 47 heavy (non-hydrogen) atoms. The van der Waals surface area contributed by atoms with Crippen molar-refractivity contribution >= 4 is 44.2 Å². The minimum absolute atomic E-state index is 0.0110. The molecule has 0 saturated carbocycles. The van der Waals surface area contributed by atoms with Crippen LogP contribution in [0.2, 0.25) is 0 Å². The zero-order valence-electron chi connectivity index (χ0n) is 26.6. The molecule has 0 unspecified atom stereocenters. The minimum Gasteiger partial charge on any atom is -0.457 e. The minimum atomic E-state index is 0.0110. The average Bonchev–Trinajstić information content (AvgIpc) is 3.63. The van der Waals surface area contributed by atoms with Gasteiger partial charge in [0, 0.05) is 40.4 Å². The van der Waals surface area contributed by atoms with Gasteiger partial charge in [0.2, 0.25) is 0 Å². The summed E-state index contributed by atoms with van der Waals surface area (Å²) < 4.78 is 11.2. The summed E-state index contributed by atoms with van der Waals surface area (Å²) in [6.07, 6.45) is 1.91. The number of benzene rings is 5. The number of imidazole rings is 1. The number of ether oxygens (including phenoxy) is 1. The largest absolute Gasteiger partial charge is 0.457 e. The lowest BCUT2D eigenvalue weighted by atomic mass is 9.88. The lowest BCUT2D eigenvalue weighted by Crippen LogP contribution is -2.26. The lowest BCUT2D eigenvalue weighted by Gasteiger charge is -2.32. The fraction of sp³-hybridized carbons (Fsp3) is 0.122. The van der Waals surface area contributed by atoms with Crippen LogP contribution in [0.25, 0.3) is 50.0 Å². The SMILES string of the molecule is CC(C)(C)c1ccnc(-n2c3ccccc3c3ccc(Oc4cccc(N5Cn6c(nc7ccccc76)-c6ccccc65)c4)cc32)c1. The predicted octanol–water partition coefficient (Wildman–Crippen LogP) is 10.4. The number of pyridine rings is 1. The van der Waals surface area contributed by atoms with E-state index in [2.05, 4.69) is 150 Å². The number of rotatable bonds is 4. The Kier molecular flexibility index (Phi) is 6.03. The Labute approximate surface area is 273 Å². The summed E-state index contributed by atoms with van der Waals surface area (Å²) in [6, 6.07) is 44.3. The molecule has 1 aliphatic heterocycles. The van der Waals surface area contributed by atoms with E-state index in [-0.39, 0.29) is 5.41 Å². The summed E-state index contributed by atoms with van der Waals surface area (Å²) in [6.45, 7) is 7.36. The van der Waals surface area contributed by atoms with Crippen molar-refractivity contribution in [2.24, 2.45) is 0 Å². The summed E-state index contributed by atoms with van der Waals surface area (Å²) in [5.41, 5.74) is 8.86. The zero-order valence-corrected chi connectivity index (χ0v) is 26.6. The van der Waals surface area contributed by atoms with Gasteiger partial charge in [-0.3, -0.25) is 4.57 Å². The van der Waals surface area contributed by atoms with Crippen LogP contribution in [0.4, 0.5) is 11.4 Å². The molecule has 0 aliphatic carbocycles. The highest BCUT2D eigenvalue weighted by Crippen LogP contribution is 2.42. The number of nitrogens with zero attached hydrogens (tertiary/aromatic N) is 5. The van der Waals surface area contributed by atoms with Crippen LogP contribution in [-0.2, 0) is 12.1 Å². The van der Waals surface area contributed by atoms with Gasteiger partial charge in [0.15, 0.2) is 0 Å². The smallest absolute Gasteiger partial charge is 0.144 e. The molecule has 6 nitrogen and oxygen atoms in total.